The first-order valence-corrected chi connectivity index (χ1v) is 7.23. The molecule has 0 saturated carbocycles. The van der Waals surface area contributed by atoms with Gasteiger partial charge in [0.2, 0.25) is 5.91 Å². The maximum atomic E-state index is 13.7. The predicted octanol–water partition coefficient (Wildman–Crippen LogP) is 2.14. The Hall–Kier alpha value is -2.21. The number of aromatic nitrogens is 1. The molecule has 118 valence electrons. The van der Waals surface area contributed by atoms with Gasteiger partial charge in [0.05, 0.1) is 11.8 Å². The van der Waals surface area contributed by atoms with Crippen molar-refractivity contribution in [3.63, 3.8) is 0 Å². The van der Waals surface area contributed by atoms with Crippen molar-refractivity contribution in [3.8, 4) is 11.3 Å². The van der Waals surface area contributed by atoms with Gasteiger partial charge in [-0.25, -0.2) is 9.37 Å². The van der Waals surface area contributed by atoms with Crippen LogP contribution in [0.4, 0.5) is 4.39 Å². The van der Waals surface area contributed by atoms with Crippen LogP contribution in [-0.4, -0.2) is 30.5 Å². The predicted molar refractivity (Wildman–Crippen MR) is 81.7 cm³/mol. The summed E-state index contributed by atoms with van der Waals surface area (Å²) in [5, 5.41) is 5.86. The minimum absolute atomic E-state index is 0.0623. The monoisotopic (exact) mass is 305 g/mol. The standard InChI is InChI=1S/C16H20FN3O2/c1-11(18-2)9-19-15(21)7-8-16-20-10-14(22-16)12-5-3-4-6-13(12)17/h3-6,10-11,18H,7-9H2,1-2H3,(H,19,21). The van der Waals surface area contributed by atoms with Crippen molar-refractivity contribution in [1.82, 2.24) is 15.6 Å². The Bertz CT molecular complexity index is 627. The molecule has 0 bridgehead atoms. The number of halogens is 1. The molecule has 1 unspecified atom stereocenters. The molecule has 0 spiro atoms. The lowest BCUT2D eigenvalue weighted by Crippen LogP contribution is -2.37. The second-order valence-corrected chi connectivity index (χ2v) is 5.09. The molecule has 0 aliphatic carbocycles. The highest BCUT2D eigenvalue weighted by Crippen LogP contribution is 2.23. The van der Waals surface area contributed by atoms with Crippen LogP contribution in [-0.2, 0) is 11.2 Å². The summed E-state index contributed by atoms with van der Waals surface area (Å²) >= 11 is 0. The molecule has 0 saturated heterocycles. The summed E-state index contributed by atoms with van der Waals surface area (Å²) < 4.78 is 19.2. The molecule has 0 aliphatic rings. The molecule has 1 aromatic heterocycles. The third-order valence-electron chi connectivity index (χ3n) is 3.36. The van der Waals surface area contributed by atoms with E-state index in [-0.39, 0.29) is 24.2 Å². The van der Waals surface area contributed by atoms with Crippen molar-refractivity contribution in [1.29, 1.82) is 0 Å². The summed E-state index contributed by atoms with van der Waals surface area (Å²) in [5.74, 6) is 0.379. The van der Waals surface area contributed by atoms with Gasteiger partial charge < -0.3 is 15.1 Å². The molecular weight excluding hydrogens is 285 g/mol. The average molecular weight is 305 g/mol. The normalized spacial score (nSPS) is 12.1. The molecule has 0 radical (unpaired) electrons. The molecular formula is C16H20FN3O2. The maximum absolute atomic E-state index is 13.7. The highest BCUT2D eigenvalue weighted by atomic mass is 19.1. The van der Waals surface area contributed by atoms with Crippen LogP contribution in [0, 0.1) is 5.82 Å². The number of rotatable bonds is 7. The number of carbonyl (C=O) groups excluding carboxylic acids is 1. The minimum atomic E-state index is -0.357. The summed E-state index contributed by atoms with van der Waals surface area (Å²) in [7, 11) is 1.84. The molecule has 2 aromatic rings. The van der Waals surface area contributed by atoms with E-state index in [1.165, 1.54) is 12.3 Å². The molecule has 1 heterocycles. The average Bonchev–Trinajstić information content (AvgIpc) is 2.99. The summed E-state index contributed by atoms with van der Waals surface area (Å²) in [6, 6.07) is 6.57. The zero-order chi connectivity index (χ0) is 15.9. The summed E-state index contributed by atoms with van der Waals surface area (Å²) in [4.78, 5) is 15.8. The van der Waals surface area contributed by atoms with Crippen molar-refractivity contribution >= 4 is 5.91 Å². The van der Waals surface area contributed by atoms with Crippen molar-refractivity contribution in [2.45, 2.75) is 25.8 Å². The molecule has 1 aromatic carbocycles. The van der Waals surface area contributed by atoms with Crippen LogP contribution in [0.1, 0.15) is 19.2 Å². The fourth-order valence-corrected chi connectivity index (χ4v) is 1.89. The van der Waals surface area contributed by atoms with Crippen LogP contribution in [0.2, 0.25) is 0 Å². The number of nitrogens with one attached hydrogen (secondary N) is 2. The first kappa shape index (κ1) is 16.2. The number of aryl methyl sites for hydroxylation is 1. The van der Waals surface area contributed by atoms with Crippen LogP contribution in [0.3, 0.4) is 0 Å². The lowest BCUT2D eigenvalue weighted by molar-refractivity contribution is -0.121. The molecule has 2 N–H and O–H groups in total. The van der Waals surface area contributed by atoms with Crippen molar-refractivity contribution < 1.29 is 13.6 Å². The fraction of sp³-hybridized carbons (Fsp3) is 0.375. The zero-order valence-corrected chi connectivity index (χ0v) is 12.7. The van der Waals surface area contributed by atoms with E-state index in [0.717, 1.165) is 0 Å². The topological polar surface area (TPSA) is 67.2 Å². The lowest BCUT2D eigenvalue weighted by Gasteiger charge is -2.10. The van der Waals surface area contributed by atoms with Gasteiger partial charge in [-0.2, -0.15) is 0 Å². The zero-order valence-electron chi connectivity index (χ0n) is 12.7. The van der Waals surface area contributed by atoms with E-state index in [2.05, 4.69) is 15.6 Å². The SMILES string of the molecule is CNC(C)CNC(=O)CCc1ncc(-c2ccccc2F)o1. The van der Waals surface area contributed by atoms with Crippen LogP contribution in [0.5, 0.6) is 0 Å². The second kappa shape index (κ2) is 7.70. The fourth-order valence-electron chi connectivity index (χ4n) is 1.89. The molecule has 1 amide bonds. The number of hydrogen-bond donors (Lipinski definition) is 2. The van der Waals surface area contributed by atoms with Gasteiger partial charge in [0.15, 0.2) is 11.7 Å². The molecule has 2 rings (SSSR count). The first-order chi connectivity index (χ1) is 10.6. The van der Waals surface area contributed by atoms with E-state index in [1.807, 2.05) is 14.0 Å². The van der Waals surface area contributed by atoms with Gasteiger partial charge in [-0.3, -0.25) is 4.79 Å². The third kappa shape index (κ3) is 4.39. The van der Waals surface area contributed by atoms with Crippen molar-refractivity contribution in [3.05, 3.63) is 42.2 Å². The first-order valence-electron chi connectivity index (χ1n) is 7.23. The van der Waals surface area contributed by atoms with Crippen molar-refractivity contribution in [2.24, 2.45) is 0 Å². The highest BCUT2D eigenvalue weighted by molar-refractivity contribution is 5.76. The molecule has 5 nitrogen and oxygen atoms in total. The molecule has 1 atom stereocenters. The Morgan fingerprint density at radius 3 is 2.91 bits per heavy atom. The largest absolute Gasteiger partial charge is 0.441 e. The van der Waals surface area contributed by atoms with Crippen LogP contribution < -0.4 is 10.6 Å². The van der Waals surface area contributed by atoms with Crippen molar-refractivity contribution in [2.75, 3.05) is 13.6 Å². The van der Waals surface area contributed by atoms with Gasteiger partial charge in [0.1, 0.15) is 5.82 Å². The quantitative estimate of drug-likeness (QED) is 0.822. The van der Waals surface area contributed by atoms with Gasteiger partial charge in [0, 0.05) is 25.4 Å². The molecule has 6 heteroatoms. The summed E-state index contributed by atoms with van der Waals surface area (Å²) in [5.41, 5.74) is 0.369. The Labute approximate surface area is 128 Å². The van der Waals surface area contributed by atoms with E-state index in [4.69, 9.17) is 4.42 Å². The van der Waals surface area contributed by atoms with Crippen LogP contribution in [0.25, 0.3) is 11.3 Å². The number of likely N-dealkylation sites (N-methyl/N-ethyl adjacent to an activating group) is 1. The molecule has 22 heavy (non-hydrogen) atoms. The highest BCUT2D eigenvalue weighted by Gasteiger charge is 2.12. The number of carbonyl (C=O) groups is 1. The Balaban J connectivity index is 1.88. The maximum Gasteiger partial charge on any atom is 0.220 e. The molecule has 0 aliphatic heterocycles. The van der Waals surface area contributed by atoms with E-state index in [1.54, 1.807) is 18.2 Å². The number of amides is 1. The Kier molecular flexibility index (Phi) is 5.66. The smallest absolute Gasteiger partial charge is 0.220 e. The number of benzene rings is 1. The van der Waals surface area contributed by atoms with E-state index in [9.17, 15) is 9.18 Å². The minimum Gasteiger partial charge on any atom is -0.441 e. The second-order valence-electron chi connectivity index (χ2n) is 5.09. The van der Waals surface area contributed by atoms with Gasteiger partial charge >= 0.3 is 0 Å². The summed E-state index contributed by atoms with van der Waals surface area (Å²) in [6.07, 6.45) is 2.15. The van der Waals surface area contributed by atoms with Gasteiger partial charge in [0.25, 0.3) is 0 Å². The van der Waals surface area contributed by atoms with E-state index >= 15 is 0 Å². The van der Waals surface area contributed by atoms with Gasteiger partial charge in [-0.05, 0) is 26.1 Å². The summed E-state index contributed by atoms with van der Waals surface area (Å²) in [6.45, 7) is 2.55. The van der Waals surface area contributed by atoms with Crippen LogP contribution >= 0.6 is 0 Å². The van der Waals surface area contributed by atoms with E-state index in [0.29, 0.717) is 30.2 Å². The van der Waals surface area contributed by atoms with Gasteiger partial charge in [-0.1, -0.05) is 12.1 Å². The Morgan fingerprint density at radius 2 is 2.18 bits per heavy atom. The third-order valence-corrected chi connectivity index (χ3v) is 3.36. The lowest BCUT2D eigenvalue weighted by atomic mass is 10.2. The number of nitrogens with zero attached hydrogens (tertiary/aromatic N) is 1. The number of hydrogen-bond acceptors (Lipinski definition) is 4. The number of oxazole rings is 1. The van der Waals surface area contributed by atoms with E-state index < -0.39 is 0 Å². The van der Waals surface area contributed by atoms with Crippen LogP contribution in [0.15, 0.2) is 34.9 Å². The van der Waals surface area contributed by atoms with Gasteiger partial charge in [-0.15, -0.1) is 0 Å². The Morgan fingerprint density at radius 1 is 1.41 bits per heavy atom. The molecule has 0 fully saturated rings.